The molecule has 0 bridgehead atoms. The fourth-order valence-corrected chi connectivity index (χ4v) is 4.34. The summed E-state index contributed by atoms with van der Waals surface area (Å²) in [5.41, 5.74) is 0.887. The third-order valence-electron chi connectivity index (χ3n) is 4.84. The molecule has 2 heterocycles. The maximum absolute atomic E-state index is 4.58. The smallest absolute Gasteiger partial charge is 0.243 e. The third kappa shape index (κ3) is 4.34. The lowest BCUT2D eigenvalue weighted by molar-refractivity contribution is 0.345. The number of nitrogens with zero attached hydrogens (tertiary/aromatic N) is 3. The highest BCUT2D eigenvalue weighted by molar-refractivity contribution is 7.99. The molecule has 25 heavy (non-hydrogen) atoms. The van der Waals surface area contributed by atoms with E-state index in [4.69, 9.17) is 0 Å². The quantitative estimate of drug-likeness (QED) is 0.657. The Hall–Kier alpha value is -2.01. The first-order chi connectivity index (χ1) is 12.4. The molecule has 3 aromatic rings. The van der Waals surface area contributed by atoms with E-state index in [1.807, 2.05) is 22.8 Å². The molecule has 0 aliphatic heterocycles. The Bertz CT molecular complexity index is 809. The Kier molecular flexibility index (Phi) is 5.21. The van der Waals surface area contributed by atoms with Crippen LogP contribution in [0, 0.1) is 5.92 Å². The summed E-state index contributed by atoms with van der Waals surface area (Å²) in [6, 6.07) is 14.5. The molecule has 0 radical (unpaired) electrons. The molecular formula is C20H24N4S. The van der Waals surface area contributed by atoms with Gasteiger partial charge in [-0.1, -0.05) is 62.1 Å². The molecule has 130 valence electrons. The largest absolute Gasteiger partial charge is 0.353 e. The van der Waals surface area contributed by atoms with Crippen LogP contribution in [0.25, 0.3) is 5.65 Å². The molecular weight excluding hydrogens is 328 g/mol. The lowest BCUT2D eigenvalue weighted by atomic mass is 9.87. The fraction of sp³-hybridized carbons (Fsp3) is 0.400. The Morgan fingerprint density at radius 3 is 2.68 bits per heavy atom. The first-order valence-electron chi connectivity index (χ1n) is 9.20. The summed E-state index contributed by atoms with van der Waals surface area (Å²) in [4.78, 5) is 6.97. The molecule has 0 saturated heterocycles. The van der Waals surface area contributed by atoms with E-state index in [0.717, 1.165) is 29.0 Å². The van der Waals surface area contributed by atoms with Crippen LogP contribution in [0.1, 0.15) is 38.5 Å². The van der Waals surface area contributed by atoms with Crippen molar-refractivity contribution in [2.75, 3.05) is 11.9 Å². The molecule has 1 N–H and O–H groups in total. The zero-order chi connectivity index (χ0) is 16.9. The van der Waals surface area contributed by atoms with Gasteiger partial charge in [0.2, 0.25) is 5.95 Å². The second kappa shape index (κ2) is 7.91. The summed E-state index contributed by atoms with van der Waals surface area (Å²) in [6.45, 7) is 0.965. The van der Waals surface area contributed by atoms with Gasteiger partial charge in [-0.2, -0.15) is 4.98 Å². The highest BCUT2D eigenvalue weighted by Crippen LogP contribution is 2.28. The van der Waals surface area contributed by atoms with Gasteiger partial charge in [0.1, 0.15) is 0 Å². The zero-order valence-corrected chi connectivity index (χ0v) is 15.2. The van der Waals surface area contributed by atoms with Crippen molar-refractivity contribution in [1.29, 1.82) is 0 Å². The summed E-state index contributed by atoms with van der Waals surface area (Å²) in [5, 5.41) is 7.98. The number of hydrogen-bond acceptors (Lipinski definition) is 4. The van der Waals surface area contributed by atoms with Gasteiger partial charge < -0.3 is 5.32 Å². The van der Waals surface area contributed by atoms with Gasteiger partial charge in [0.25, 0.3) is 0 Å². The molecule has 1 aromatic carbocycles. The summed E-state index contributed by atoms with van der Waals surface area (Å²) in [5.74, 6) is 1.62. The maximum Gasteiger partial charge on any atom is 0.243 e. The average molecular weight is 353 g/mol. The van der Waals surface area contributed by atoms with Gasteiger partial charge in [-0.25, -0.2) is 4.52 Å². The van der Waals surface area contributed by atoms with E-state index in [1.54, 1.807) is 11.8 Å². The zero-order valence-electron chi connectivity index (χ0n) is 14.4. The Labute approximate surface area is 153 Å². The molecule has 0 unspecified atom stereocenters. The van der Waals surface area contributed by atoms with Crippen molar-refractivity contribution in [3.8, 4) is 0 Å². The number of aromatic nitrogens is 3. The van der Waals surface area contributed by atoms with Crippen LogP contribution in [0.4, 0.5) is 5.95 Å². The number of fused-ring (bicyclic) bond motifs is 1. The third-order valence-corrected chi connectivity index (χ3v) is 5.83. The highest BCUT2D eigenvalue weighted by atomic mass is 32.2. The van der Waals surface area contributed by atoms with E-state index in [-0.39, 0.29) is 0 Å². The van der Waals surface area contributed by atoms with Crippen LogP contribution < -0.4 is 5.32 Å². The second-order valence-corrected chi connectivity index (χ2v) is 7.88. The number of hydrogen-bond donors (Lipinski definition) is 1. The molecule has 1 aliphatic rings. The lowest BCUT2D eigenvalue weighted by Gasteiger charge is -2.21. The van der Waals surface area contributed by atoms with E-state index >= 15 is 0 Å². The van der Waals surface area contributed by atoms with Gasteiger partial charge >= 0.3 is 0 Å². The molecule has 4 rings (SSSR count). The van der Waals surface area contributed by atoms with Crippen molar-refractivity contribution in [3.63, 3.8) is 0 Å². The van der Waals surface area contributed by atoms with Crippen molar-refractivity contribution in [2.45, 2.75) is 48.3 Å². The van der Waals surface area contributed by atoms with E-state index in [9.17, 15) is 0 Å². The Morgan fingerprint density at radius 1 is 1.00 bits per heavy atom. The van der Waals surface area contributed by atoms with Crippen molar-refractivity contribution < 1.29 is 0 Å². The predicted octanol–water partition coefficient (Wildman–Crippen LogP) is 5.26. The second-order valence-electron chi connectivity index (χ2n) is 6.74. The molecule has 4 nitrogen and oxygen atoms in total. The van der Waals surface area contributed by atoms with Gasteiger partial charge in [-0.15, -0.1) is 5.10 Å². The summed E-state index contributed by atoms with van der Waals surface area (Å²) in [7, 11) is 0. The van der Waals surface area contributed by atoms with E-state index in [1.165, 1.54) is 43.4 Å². The van der Waals surface area contributed by atoms with Gasteiger partial charge in [-0.05, 0) is 36.6 Å². The van der Waals surface area contributed by atoms with Crippen LogP contribution in [0.2, 0.25) is 0 Å². The van der Waals surface area contributed by atoms with Crippen molar-refractivity contribution in [3.05, 3.63) is 48.7 Å². The standard InChI is InChI=1S/C20H24N4S/c1-3-7-16(8-4-1)13-14-21-20-22-19-12-11-18(15-24(19)23-20)25-17-9-5-2-6-10-17/h2,5-6,9-12,15-16H,1,3-4,7-8,13-14H2,(H,21,23). The van der Waals surface area contributed by atoms with Gasteiger partial charge in [0, 0.05) is 22.5 Å². The monoisotopic (exact) mass is 352 g/mol. The number of pyridine rings is 1. The van der Waals surface area contributed by atoms with Crippen molar-refractivity contribution >= 4 is 23.4 Å². The molecule has 5 heteroatoms. The molecule has 1 fully saturated rings. The van der Waals surface area contributed by atoms with Crippen molar-refractivity contribution in [1.82, 2.24) is 14.6 Å². The number of anilines is 1. The normalized spacial score (nSPS) is 15.5. The number of benzene rings is 1. The lowest BCUT2D eigenvalue weighted by Crippen LogP contribution is -2.12. The molecule has 0 spiro atoms. The number of rotatable bonds is 6. The molecule has 2 aromatic heterocycles. The maximum atomic E-state index is 4.58. The van der Waals surface area contributed by atoms with Crippen LogP contribution >= 0.6 is 11.8 Å². The molecule has 1 aliphatic carbocycles. The first kappa shape index (κ1) is 16.5. The summed E-state index contributed by atoms with van der Waals surface area (Å²) < 4.78 is 1.87. The highest BCUT2D eigenvalue weighted by Gasteiger charge is 2.13. The summed E-state index contributed by atoms with van der Waals surface area (Å²) in [6.07, 6.45) is 10.3. The van der Waals surface area contributed by atoms with E-state index in [2.05, 4.69) is 45.7 Å². The SMILES string of the molecule is c1ccc(Sc2ccc3nc(NCCC4CCCCC4)nn3c2)cc1. The minimum absolute atomic E-state index is 0.734. The van der Waals surface area contributed by atoms with Crippen LogP contribution in [-0.4, -0.2) is 21.1 Å². The number of nitrogens with one attached hydrogen (secondary N) is 1. The van der Waals surface area contributed by atoms with Crippen LogP contribution in [0.15, 0.2) is 58.5 Å². The van der Waals surface area contributed by atoms with Gasteiger partial charge in [0.15, 0.2) is 5.65 Å². The van der Waals surface area contributed by atoms with E-state index in [0.29, 0.717) is 0 Å². The average Bonchev–Trinajstić information content (AvgIpc) is 3.05. The minimum atomic E-state index is 0.734. The van der Waals surface area contributed by atoms with Gasteiger partial charge in [-0.3, -0.25) is 0 Å². The Morgan fingerprint density at radius 2 is 1.84 bits per heavy atom. The van der Waals surface area contributed by atoms with Gasteiger partial charge in [0.05, 0.1) is 0 Å². The fourth-order valence-electron chi connectivity index (χ4n) is 3.49. The van der Waals surface area contributed by atoms with Crippen LogP contribution in [0.5, 0.6) is 0 Å². The van der Waals surface area contributed by atoms with E-state index < -0.39 is 0 Å². The predicted molar refractivity (Wildman–Crippen MR) is 103 cm³/mol. The molecule has 1 saturated carbocycles. The molecule has 0 atom stereocenters. The molecule has 0 amide bonds. The van der Waals surface area contributed by atoms with Crippen LogP contribution in [-0.2, 0) is 0 Å². The first-order valence-corrected chi connectivity index (χ1v) is 10.0. The minimum Gasteiger partial charge on any atom is -0.353 e. The van der Waals surface area contributed by atoms with Crippen molar-refractivity contribution in [2.24, 2.45) is 5.92 Å². The van der Waals surface area contributed by atoms with Crippen LogP contribution in [0.3, 0.4) is 0 Å². The summed E-state index contributed by atoms with van der Waals surface area (Å²) >= 11 is 1.74. The Balaban J connectivity index is 1.38. The topological polar surface area (TPSA) is 42.2 Å².